The molecule has 3 aromatic carbocycles. The van der Waals surface area contributed by atoms with Crippen molar-refractivity contribution in [1.82, 2.24) is 9.96 Å². The summed E-state index contributed by atoms with van der Waals surface area (Å²) in [4.78, 5) is 39.5. The number of hydrogen-bond acceptors (Lipinski definition) is 4. The largest absolute Gasteiger partial charge is 0.416 e. The van der Waals surface area contributed by atoms with E-state index in [4.69, 9.17) is 4.84 Å². The van der Waals surface area contributed by atoms with Gasteiger partial charge in [-0.25, -0.2) is 14.4 Å². The maximum absolute atomic E-state index is 14.0. The van der Waals surface area contributed by atoms with E-state index in [0.29, 0.717) is 36.1 Å². The Hall–Kier alpha value is -4.15. The third-order valence-electron chi connectivity index (χ3n) is 8.94. The molecule has 248 valence electrons. The van der Waals surface area contributed by atoms with Crippen LogP contribution in [0.15, 0.2) is 88.9 Å². The summed E-state index contributed by atoms with van der Waals surface area (Å²) in [7, 11) is 0. The van der Waals surface area contributed by atoms with Gasteiger partial charge in [-0.1, -0.05) is 68.0 Å². The first-order chi connectivity index (χ1) is 22.5. The van der Waals surface area contributed by atoms with E-state index in [-0.39, 0.29) is 43.2 Å². The standard InChI is InChI=1S/C37H39F4N3O3/c1-3-43(4-2)24-47-44(23-26-8-13-27(14-9-26)28-15-17-29(18-16-28)37(39,40)41)35(45)22-33-31-6-5-7-32(31)36(46)42-34(33)21-12-25-10-19-30(38)20-11-25/h8-11,13-20,33H,3-7,12,21-24H2,1-2H3. The van der Waals surface area contributed by atoms with E-state index in [1.807, 2.05) is 43.0 Å². The van der Waals surface area contributed by atoms with Crippen LogP contribution in [0.3, 0.4) is 0 Å². The molecular weight excluding hydrogens is 610 g/mol. The molecule has 0 saturated heterocycles. The Bertz CT molecular complexity index is 1610. The van der Waals surface area contributed by atoms with Crippen LogP contribution in [-0.2, 0) is 33.6 Å². The molecule has 2 amide bonds. The number of alkyl halides is 3. The van der Waals surface area contributed by atoms with Crippen molar-refractivity contribution >= 4 is 17.5 Å². The second-order valence-electron chi connectivity index (χ2n) is 11.9. The first kappa shape index (κ1) is 34.2. The molecule has 0 saturated carbocycles. The van der Waals surface area contributed by atoms with Crippen molar-refractivity contribution in [3.8, 4) is 11.1 Å². The van der Waals surface area contributed by atoms with Gasteiger partial charge in [0, 0.05) is 23.6 Å². The van der Waals surface area contributed by atoms with Crippen LogP contribution in [0.2, 0.25) is 0 Å². The van der Waals surface area contributed by atoms with E-state index in [1.54, 1.807) is 12.1 Å². The highest BCUT2D eigenvalue weighted by atomic mass is 19.4. The number of carbonyl (C=O) groups excluding carboxylic acids is 2. The molecule has 3 aromatic rings. The number of amides is 2. The normalized spacial score (nSPS) is 16.4. The molecule has 1 aliphatic heterocycles. The first-order valence-corrected chi connectivity index (χ1v) is 16.1. The molecule has 0 radical (unpaired) electrons. The summed E-state index contributed by atoms with van der Waals surface area (Å²) in [5.74, 6) is -1.10. The molecule has 5 rings (SSSR count). The number of aliphatic imine (C=N–C) groups is 1. The molecule has 0 spiro atoms. The molecule has 6 nitrogen and oxygen atoms in total. The van der Waals surface area contributed by atoms with E-state index < -0.39 is 11.7 Å². The Morgan fingerprint density at radius 1 is 0.872 bits per heavy atom. The number of rotatable bonds is 13. The quantitative estimate of drug-likeness (QED) is 0.107. The molecule has 0 bridgehead atoms. The van der Waals surface area contributed by atoms with Gasteiger partial charge < -0.3 is 0 Å². The summed E-state index contributed by atoms with van der Waals surface area (Å²) in [6, 6.07) is 18.5. The van der Waals surface area contributed by atoms with Crippen molar-refractivity contribution < 1.29 is 32.0 Å². The average molecular weight is 650 g/mol. The number of aryl methyl sites for hydroxylation is 1. The van der Waals surface area contributed by atoms with Gasteiger partial charge in [0.25, 0.3) is 5.91 Å². The Morgan fingerprint density at radius 2 is 1.49 bits per heavy atom. The minimum absolute atomic E-state index is 0.0935. The van der Waals surface area contributed by atoms with Crippen molar-refractivity contribution in [2.45, 2.75) is 65.1 Å². The van der Waals surface area contributed by atoms with Gasteiger partial charge in [0.05, 0.1) is 12.1 Å². The van der Waals surface area contributed by atoms with Crippen LogP contribution in [0.5, 0.6) is 0 Å². The van der Waals surface area contributed by atoms with E-state index >= 15 is 0 Å². The number of dihydropyridines is 1. The Morgan fingerprint density at radius 3 is 2.11 bits per heavy atom. The van der Waals surface area contributed by atoms with E-state index in [9.17, 15) is 27.2 Å². The molecule has 0 N–H and O–H groups in total. The number of carbonyl (C=O) groups is 2. The minimum Gasteiger partial charge on any atom is -0.279 e. The lowest BCUT2D eigenvalue weighted by Gasteiger charge is -2.30. The van der Waals surface area contributed by atoms with Crippen molar-refractivity contribution in [3.05, 3.63) is 106 Å². The van der Waals surface area contributed by atoms with Gasteiger partial charge in [0.15, 0.2) is 0 Å². The Balaban J connectivity index is 1.34. The fraction of sp³-hybridized carbons (Fsp3) is 0.378. The minimum atomic E-state index is -4.40. The highest BCUT2D eigenvalue weighted by Crippen LogP contribution is 2.39. The second-order valence-corrected chi connectivity index (χ2v) is 11.9. The Kier molecular flexibility index (Phi) is 11.0. The van der Waals surface area contributed by atoms with Gasteiger partial charge in [0.2, 0.25) is 5.91 Å². The molecule has 1 aliphatic carbocycles. The van der Waals surface area contributed by atoms with Crippen LogP contribution in [-0.4, -0.2) is 47.3 Å². The predicted molar refractivity (Wildman–Crippen MR) is 172 cm³/mol. The molecule has 0 aromatic heterocycles. The lowest BCUT2D eigenvalue weighted by molar-refractivity contribution is -0.206. The van der Waals surface area contributed by atoms with Crippen molar-refractivity contribution in [2.24, 2.45) is 10.9 Å². The molecule has 0 fully saturated rings. The lowest BCUT2D eigenvalue weighted by atomic mass is 9.83. The van der Waals surface area contributed by atoms with Crippen LogP contribution >= 0.6 is 0 Å². The fourth-order valence-electron chi connectivity index (χ4n) is 6.13. The number of allylic oxidation sites excluding steroid dienone is 1. The molecule has 10 heteroatoms. The summed E-state index contributed by atoms with van der Waals surface area (Å²) in [5, 5.41) is 1.37. The topological polar surface area (TPSA) is 62.2 Å². The van der Waals surface area contributed by atoms with Crippen molar-refractivity contribution in [1.29, 1.82) is 0 Å². The van der Waals surface area contributed by atoms with Crippen molar-refractivity contribution in [3.63, 3.8) is 0 Å². The van der Waals surface area contributed by atoms with Crippen LogP contribution in [0.25, 0.3) is 11.1 Å². The zero-order valence-corrected chi connectivity index (χ0v) is 26.7. The van der Waals surface area contributed by atoms with Crippen LogP contribution < -0.4 is 0 Å². The third kappa shape index (κ3) is 8.61. The second kappa shape index (κ2) is 15.2. The van der Waals surface area contributed by atoms with E-state index in [2.05, 4.69) is 4.99 Å². The average Bonchev–Trinajstić information content (AvgIpc) is 3.57. The van der Waals surface area contributed by atoms with Gasteiger partial charge in [0.1, 0.15) is 12.5 Å². The fourth-order valence-corrected chi connectivity index (χ4v) is 6.13. The Labute approximate surface area is 272 Å². The highest BCUT2D eigenvalue weighted by Gasteiger charge is 2.36. The van der Waals surface area contributed by atoms with Gasteiger partial charge in [-0.15, -0.1) is 0 Å². The molecule has 2 aliphatic rings. The monoisotopic (exact) mass is 649 g/mol. The molecule has 1 unspecified atom stereocenters. The summed E-state index contributed by atoms with van der Waals surface area (Å²) < 4.78 is 52.5. The summed E-state index contributed by atoms with van der Waals surface area (Å²) in [6.07, 6.45) is -1.04. The number of nitrogens with zero attached hydrogens (tertiary/aromatic N) is 3. The smallest absolute Gasteiger partial charge is 0.279 e. The van der Waals surface area contributed by atoms with Gasteiger partial charge in [-0.3, -0.25) is 19.3 Å². The van der Waals surface area contributed by atoms with Crippen molar-refractivity contribution in [2.75, 3.05) is 19.8 Å². The SMILES string of the molecule is CCN(CC)CON(Cc1ccc(-c2ccc(C(F)(F)F)cc2)cc1)C(=O)CC1C(CCc2ccc(F)cc2)=NC(=O)C2=C1CCC2. The zero-order chi connectivity index (χ0) is 33.6. The van der Waals surface area contributed by atoms with Crippen LogP contribution in [0.4, 0.5) is 17.6 Å². The lowest BCUT2D eigenvalue weighted by Crippen LogP contribution is -2.38. The molecule has 1 heterocycles. The van der Waals surface area contributed by atoms with Gasteiger partial charge in [-0.2, -0.15) is 13.2 Å². The maximum atomic E-state index is 14.0. The van der Waals surface area contributed by atoms with E-state index in [0.717, 1.165) is 60.3 Å². The third-order valence-corrected chi connectivity index (χ3v) is 8.94. The predicted octanol–water partition coefficient (Wildman–Crippen LogP) is 8.17. The maximum Gasteiger partial charge on any atom is 0.416 e. The summed E-state index contributed by atoms with van der Waals surface area (Å²) >= 11 is 0. The molecular formula is C37H39F4N3O3. The molecule has 47 heavy (non-hydrogen) atoms. The number of hydrogen-bond donors (Lipinski definition) is 0. The molecule has 1 atom stereocenters. The van der Waals surface area contributed by atoms with Crippen LogP contribution in [0.1, 0.15) is 62.6 Å². The van der Waals surface area contributed by atoms with Crippen LogP contribution in [0, 0.1) is 11.7 Å². The first-order valence-electron chi connectivity index (χ1n) is 16.1. The van der Waals surface area contributed by atoms with Gasteiger partial charge >= 0.3 is 6.18 Å². The summed E-state index contributed by atoms with van der Waals surface area (Å²) in [5.41, 5.74) is 4.76. The number of hydroxylamine groups is 2. The zero-order valence-electron chi connectivity index (χ0n) is 26.7. The summed E-state index contributed by atoms with van der Waals surface area (Å²) in [6.45, 7) is 5.87. The van der Waals surface area contributed by atoms with E-state index in [1.165, 1.54) is 29.3 Å². The van der Waals surface area contributed by atoms with Gasteiger partial charge in [-0.05, 0) is 91.7 Å². The number of benzene rings is 3. The number of halogens is 4. The highest BCUT2D eigenvalue weighted by molar-refractivity contribution is 6.10.